The van der Waals surface area contributed by atoms with Crippen molar-refractivity contribution in [1.29, 1.82) is 0 Å². The molecule has 1 heterocycles. The van der Waals surface area contributed by atoms with Crippen LogP contribution >= 0.6 is 11.8 Å². The average molecular weight is 260 g/mol. The molecule has 0 radical (unpaired) electrons. The van der Waals surface area contributed by atoms with Crippen molar-refractivity contribution in [2.24, 2.45) is 0 Å². The van der Waals surface area contributed by atoms with E-state index in [0.717, 1.165) is 10.6 Å². The highest BCUT2D eigenvalue weighted by Crippen LogP contribution is 2.28. The summed E-state index contributed by atoms with van der Waals surface area (Å²) in [5, 5.41) is 12.1. The first-order valence-corrected chi connectivity index (χ1v) is 6.53. The summed E-state index contributed by atoms with van der Waals surface area (Å²) in [5.74, 6) is -0.640. The van der Waals surface area contributed by atoms with E-state index in [1.165, 1.54) is 6.07 Å². The molecule has 0 aliphatic heterocycles. The number of nitrogens with one attached hydrogen (secondary N) is 1. The fourth-order valence-electron chi connectivity index (χ4n) is 1.55. The van der Waals surface area contributed by atoms with E-state index in [4.69, 9.17) is 5.11 Å². The summed E-state index contributed by atoms with van der Waals surface area (Å²) in [7, 11) is 0. The number of para-hydroxylation sites is 1. The van der Waals surface area contributed by atoms with Crippen LogP contribution in [-0.2, 0) is 0 Å². The number of thioether (sulfide) groups is 1. The Morgan fingerprint density at radius 3 is 2.78 bits per heavy atom. The van der Waals surface area contributed by atoms with Crippen LogP contribution in [0.25, 0.3) is 0 Å². The third-order valence-electron chi connectivity index (χ3n) is 2.40. The number of pyridine rings is 1. The molecular formula is C13H12N2O2S. The van der Waals surface area contributed by atoms with E-state index < -0.39 is 5.97 Å². The van der Waals surface area contributed by atoms with E-state index in [-0.39, 0.29) is 5.56 Å². The van der Waals surface area contributed by atoms with Gasteiger partial charge >= 0.3 is 5.97 Å². The molecule has 4 nitrogen and oxygen atoms in total. The Morgan fingerprint density at radius 2 is 2.06 bits per heavy atom. The minimum atomic E-state index is -0.993. The molecule has 1 aromatic carbocycles. The van der Waals surface area contributed by atoms with Gasteiger partial charge in [0.2, 0.25) is 0 Å². The van der Waals surface area contributed by atoms with Gasteiger partial charge in [0.1, 0.15) is 11.4 Å². The van der Waals surface area contributed by atoms with Crippen LogP contribution in [0.15, 0.2) is 47.5 Å². The van der Waals surface area contributed by atoms with Gasteiger partial charge in [-0.1, -0.05) is 12.1 Å². The van der Waals surface area contributed by atoms with Crippen LogP contribution in [0, 0.1) is 0 Å². The highest BCUT2D eigenvalue weighted by Gasteiger charge is 2.11. The summed E-state index contributed by atoms with van der Waals surface area (Å²) >= 11 is 1.59. The topological polar surface area (TPSA) is 62.2 Å². The fraction of sp³-hybridized carbons (Fsp3) is 0.0769. The van der Waals surface area contributed by atoms with Crippen LogP contribution in [0.3, 0.4) is 0 Å². The summed E-state index contributed by atoms with van der Waals surface area (Å²) in [6.07, 6.45) is 3.54. The molecule has 92 valence electrons. The molecule has 18 heavy (non-hydrogen) atoms. The number of hydrogen-bond acceptors (Lipinski definition) is 4. The van der Waals surface area contributed by atoms with E-state index in [9.17, 15) is 4.79 Å². The predicted octanol–water partition coefficient (Wildman–Crippen LogP) is 3.25. The van der Waals surface area contributed by atoms with Crippen molar-refractivity contribution in [2.75, 3.05) is 11.6 Å². The van der Waals surface area contributed by atoms with Crippen LogP contribution in [0.2, 0.25) is 0 Å². The summed E-state index contributed by atoms with van der Waals surface area (Å²) in [5.41, 5.74) is 1.01. The van der Waals surface area contributed by atoms with Crippen molar-refractivity contribution in [3.63, 3.8) is 0 Å². The van der Waals surface area contributed by atoms with E-state index in [1.807, 2.05) is 30.5 Å². The lowest BCUT2D eigenvalue weighted by Crippen LogP contribution is -2.04. The molecule has 0 bridgehead atoms. The number of hydrogen-bond donors (Lipinski definition) is 2. The molecule has 5 heteroatoms. The Labute approximate surface area is 109 Å². The number of anilines is 2. The molecule has 0 aliphatic rings. The quantitative estimate of drug-likeness (QED) is 0.826. The minimum absolute atomic E-state index is 0.161. The van der Waals surface area contributed by atoms with Crippen LogP contribution in [0.1, 0.15) is 10.4 Å². The van der Waals surface area contributed by atoms with E-state index in [0.29, 0.717) is 5.82 Å². The molecule has 1 aromatic heterocycles. The third-order valence-corrected chi connectivity index (χ3v) is 3.19. The molecule has 0 fully saturated rings. The predicted molar refractivity (Wildman–Crippen MR) is 72.7 cm³/mol. The molecule has 0 saturated carbocycles. The van der Waals surface area contributed by atoms with E-state index in [2.05, 4.69) is 10.3 Å². The van der Waals surface area contributed by atoms with Crippen molar-refractivity contribution in [2.45, 2.75) is 4.90 Å². The smallest absolute Gasteiger partial charge is 0.339 e. The van der Waals surface area contributed by atoms with Crippen LogP contribution in [-0.4, -0.2) is 22.3 Å². The first kappa shape index (κ1) is 12.4. The van der Waals surface area contributed by atoms with Gasteiger partial charge in [0.25, 0.3) is 0 Å². The van der Waals surface area contributed by atoms with Gasteiger partial charge in [0.15, 0.2) is 0 Å². The molecule has 2 aromatic rings. The molecule has 0 unspecified atom stereocenters. The van der Waals surface area contributed by atoms with E-state index >= 15 is 0 Å². The zero-order valence-electron chi connectivity index (χ0n) is 9.75. The zero-order valence-corrected chi connectivity index (χ0v) is 10.6. The van der Waals surface area contributed by atoms with Crippen molar-refractivity contribution in [3.8, 4) is 0 Å². The van der Waals surface area contributed by atoms with Gasteiger partial charge in [-0.25, -0.2) is 9.78 Å². The van der Waals surface area contributed by atoms with Gasteiger partial charge in [0, 0.05) is 11.1 Å². The van der Waals surface area contributed by atoms with Crippen LogP contribution < -0.4 is 5.32 Å². The normalized spacial score (nSPS) is 10.1. The van der Waals surface area contributed by atoms with Crippen molar-refractivity contribution < 1.29 is 9.90 Å². The number of aromatic carboxylic acids is 1. The number of carboxylic acid groups (broad SMARTS) is 1. The fourth-order valence-corrected chi connectivity index (χ4v) is 2.11. The lowest BCUT2D eigenvalue weighted by Gasteiger charge is -2.11. The highest BCUT2D eigenvalue weighted by atomic mass is 32.2. The third kappa shape index (κ3) is 2.62. The first-order valence-electron chi connectivity index (χ1n) is 5.30. The summed E-state index contributed by atoms with van der Waals surface area (Å²) < 4.78 is 0. The molecule has 2 N–H and O–H groups in total. The lowest BCUT2D eigenvalue weighted by molar-refractivity contribution is 0.0697. The monoisotopic (exact) mass is 260 g/mol. The zero-order chi connectivity index (χ0) is 13.0. The first-order chi connectivity index (χ1) is 8.72. The van der Waals surface area contributed by atoms with Gasteiger partial charge in [-0.3, -0.25) is 0 Å². The second kappa shape index (κ2) is 5.55. The van der Waals surface area contributed by atoms with Crippen molar-refractivity contribution in [1.82, 2.24) is 4.98 Å². The maximum absolute atomic E-state index is 11.1. The van der Waals surface area contributed by atoms with Gasteiger partial charge in [-0.05, 0) is 30.5 Å². The number of nitrogens with zero attached hydrogens (tertiary/aromatic N) is 1. The Bertz CT molecular complexity index is 572. The number of rotatable bonds is 4. The van der Waals surface area contributed by atoms with Crippen molar-refractivity contribution in [3.05, 3.63) is 48.2 Å². The standard InChI is InChI=1S/C13H12N2O2S/c1-18-11-7-3-2-6-10(11)15-12-9(13(16)17)5-4-8-14-12/h2-8H,1H3,(H,14,15)(H,16,17). The number of benzene rings is 1. The molecule has 0 amide bonds. The molecule has 0 atom stereocenters. The van der Waals surface area contributed by atoms with Gasteiger partial charge in [-0.15, -0.1) is 11.8 Å². The number of carbonyl (C=O) groups is 1. The number of aromatic nitrogens is 1. The SMILES string of the molecule is CSc1ccccc1Nc1ncccc1C(=O)O. The van der Waals surface area contributed by atoms with Crippen LogP contribution in [0.5, 0.6) is 0 Å². The summed E-state index contributed by atoms with van der Waals surface area (Å²) in [4.78, 5) is 16.2. The largest absolute Gasteiger partial charge is 0.478 e. The Kier molecular flexibility index (Phi) is 3.84. The second-order valence-electron chi connectivity index (χ2n) is 3.53. The number of carboxylic acids is 1. The summed E-state index contributed by atoms with van der Waals surface area (Å²) in [6.45, 7) is 0. The average Bonchev–Trinajstić information content (AvgIpc) is 2.40. The molecule has 0 spiro atoms. The Hall–Kier alpha value is -2.01. The molecule has 2 rings (SSSR count). The molecule has 0 saturated heterocycles. The van der Waals surface area contributed by atoms with Crippen LogP contribution in [0.4, 0.5) is 11.5 Å². The van der Waals surface area contributed by atoms with Gasteiger partial charge < -0.3 is 10.4 Å². The minimum Gasteiger partial charge on any atom is -0.478 e. The van der Waals surface area contributed by atoms with E-state index in [1.54, 1.807) is 24.0 Å². The maximum Gasteiger partial charge on any atom is 0.339 e. The summed E-state index contributed by atoms with van der Waals surface area (Å²) in [6, 6.07) is 10.8. The maximum atomic E-state index is 11.1. The second-order valence-corrected chi connectivity index (χ2v) is 4.38. The van der Waals surface area contributed by atoms with Gasteiger partial charge in [0.05, 0.1) is 5.69 Å². The molecular weight excluding hydrogens is 248 g/mol. The highest BCUT2D eigenvalue weighted by molar-refractivity contribution is 7.98. The Balaban J connectivity index is 2.37. The Morgan fingerprint density at radius 1 is 1.28 bits per heavy atom. The molecule has 0 aliphatic carbocycles. The lowest BCUT2D eigenvalue weighted by atomic mass is 10.2. The van der Waals surface area contributed by atoms with Crippen molar-refractivity contribution >= 4 is 29.2 Å². The van der Waals surface area contributed by atoms with Gasteiger partial charge in [-0.2, -0.15) is 0 Å².